The highest BCUT2D eigenvalue weighted by Gasteiger charge is 2.33. The Kier molecular flexibility index (Phi) is 5.95. The summed E-state index contributed by atoms with van der Waals surface area (Å²) in [6.07, 6.45) is 1.13. The van der Waals surface area contributed by atoms with E-state index < -0.39 is 23.5 Å². The maximum Gasteiger partial charge on any atom is 0.338 e. The predicted octanol–water partition coefficient (Wildman–Crippen LogP) is 1.69. The van der Waals surface area contributed by atoms with E-state index in [2.05, 4.69) is 25.7 Å². The summed E-state index contributed by atoms with van der Waals surface area (Å²) in [4.78, 5) is 42.1. The number of thiazole rings is 1. The first-order chi connectivity index (χ1) is 13.4. The molecular formula is C19H17BrN2O5S. The molecule has 0 saturated carbocycles. The Morgan fingerprint density at radius 2 is 2.00 bits per heavy atom. The molecule has 1 aromatic carbocycles. The van der Waals surface area contributed by atoms with Gasteiger partial charge in [0.15, 0.2) is 4.80 Å². The zero-order chi connectivity index (χ0) is 20.4. The molecule has 2 heterocycles. The fourth-order valence-electron chi connectivity index (χ4n) is 2.92. The number of hydrogen-bond donors (Lipinski definition) is 0. The topological polar surface area (TPSA) is 87.0 Å². The Morgan fingerprint density at radius 3 is 2.61 bits per heavy atom. The van der Waals surface area contributed by atoms with Crippen molar-refractivity contribution in [2.75, 3.05) is 13.7 Å². The number of fused-ring (bicyclic) bond motifs is 1. The molecule has 0 bridgehead atoms. The van der Waals surface area contributed by atoms with Crippen LogP contribution in [0.25, 0.3) is 6.08 Å². The van der Waals surface area contributed by atoms with Gasteiger partial charge in [-0.3, -0.25) is 9.36 Å². The van der Waals surface area contributed by atoms with Gasteiger partial charge >= 0.3 is 11.9 Å². The number of esters is 2. The molecule has 0 saturated heterocycles. The van der Waals surface area contributed by atoms with Crippen molar-refractivity contribution < 1.29 is 19.1 Å². The molecule has 9 heteroatoms. The van der Waals surface area contributed by atoms with E-state index in [-0.39, 0.29) is 11.1 Å². The highest BCUT2D eigenvalue weighted by molar-refractivity contribution is 9.10. The first-order valence-corrected chi connectivity index (χ1v) is 10.0. The Morgan fingerprint density at radius 1 is 1.32 bits per heavy atom. The van der Waals surface area contributed by atoms with Crippen molar-refractivity contribution in [1.29, 1.82) is 0 Å². The molecule has 1 atom stereocenters. The smallest absolute Gasteiger partial charge is 0.338 e. The van der Waals surface area contributed by atoms with E-state index in [9.17, 15) is 14.4 Å². The predicted molar refractivity (Wildman–Crippen MR) is 107 cm³/mol. The number of ether oxygens (including phenoxy) is 2. The summed E-state index contributed by atoms with van der Waals surface area (Å²) >= 11 is 4.46. The van der Waals surface area contributed by atoms with Crippen LogP contribution in [0.15, 0.2) is 49.8 Å². The largest absolute Gasteiger partial charge is 0.466 e. The van der Waals surface area contributed by atoms with E-state index in [4.69, 9.17) is 4.74 Å². The van der Waals surface area contributed by atoms with E-state index in [1.807, 2.05) is 24.3 Å². The number of carbonyl (C=O) groups excluding carboxylic acids is 2. The number of halogens is 1. The summed E-state index contributed by atoms with van der Waals surface area (Å²) < 4.78 is 12.3. The summed E-state index contributed by atoms with van der Waals surface area (Å²) in [5.74, 6) is -1.16. The molecule has 3 rings (SSSR count). The summed E-state index contributed by atoms with van der Waals surface area (Å²) in [5, 5.41) is 0. The lowest BCUT2D eigenvalue weighted by molar-refractivity contribution is -0.139. The van der Waals surface area contributed by atoms with E-state index in [0.29, 0.717) is 16.1 Å². The van der Waals surface area contributed by atoms with Crippen LogP contribution in [0.5, 0.6) is 0 Å². The molecule has 0 amide bonds. The van der Waals surface area contributed by atoms with E-state index in [0.717, 1.165) is 27.4 Å². The zero-order valence-corrected chi connectivity index (χ0v) is 17.8. The Balaban J connectivity index is 2.30. The molecule has 146 valence electrons. The van der Waals surface area contributed by atoms with Crippen LogP contribution in [0, 0.1) is 0 Å². The monoisotopic (exact) mass is 464 g/mol. The normalized spacial score (nSPS) is 16.4. The number of carbonyl (C=O) groups is 2. The summed E-state index contributed by atoms with van der Waals surface area (Å²) in [6.45, 7) is 3.62. The van der Waals surface area contributed by atoms with E-state index in [1.54, 1.807) is 13.8 Å². The van der Waals surface area contributed by atoms with Crippen LogP contribution >= 0.6 is 27.3 Å². The van der Waals surface area contributed by atoms with Crippen LogP contribution in [0.3, 0.4) is 0 Å². The lowest BCUT2D eigenvalue weighted by atomic mass is 9.96. The lowest BCUT2D eigenvalue weighted by Crippen LogP contribution is -2.40. The van der Waals surface area contributed by atoms with Gasteiger partial charge in [0.05, 0.1) is 31.0 Å². The maximum absolute atomic E-state index is 13.0. The minimum absolute atomic E-state index is 0.186. The van der Waals surface area contributed by atoms with E-state index in [1.165, 1.54) is 11.7 Å². The third kappa shape index (κ3) is 3.72. The molecule has 0 radical (unpaired) electrons. The van der Waals surface area contributed by atoms with Gasteiger partial charge in [-0.05, 0) is 31.5 Å². The Bertz CT molecular complexity index is 1140. The van der Waals surface area contributed by atoms with Crippen LogP contribution < -0.4 is 14.9 Å². The fraction of sp³-hybridized carbons (Fsp3) is 0.263. The van der Waals surface area contributed by atoms with Crippen LogP contribution in [-0.2, 0) is 19.1 Å². The van der Waals surface area contributed by atoms with Crippen molar-refractivity contribution >= 4 is 45.3 Å². The molecule has 2 aromatic rings. The van der Waals surface area contributed by atoms with Gasteiger partial charge in [0.1, 0.15) is 4.53 Å². The van der Waals surface area contributed by atoms with Crippen LogP contribution in [-0.4, -0.2) is 30.2 Å². The zero-order valence-electron chi connectivity index (χ0n) is 15.4. The second-order valence-electron chi connectivity index (χ2n) is 5.88. The molecule has 0 unspecified atom stereocenters. The molecular weight excluding hydrogens is 448 g/mol. The quantitative estimate of drug-likeness (QED) is 0.642. The second kappa shape index (κ2) is 8.24. The van der Waals surface area contributed by atoms with Crippen molar-refractivity contribution in [1.82, 2.24) is 4.57 Å². The highest BCUT2D eigenvalue weighted by Crippen LogP contribution is 2.31. The van der Waals surface area contributed by atoms with Gasteiger partial charge in [-0.1, -0.05) is 39.4 Å². The first-order valence-electron chi connectivity index (χ1n) is 8.40. The molecule has 0 N–H and O–H groups in total. The average molecular weight is 465 g/mol. The third-order valence-electron chi connectivity index (χ3n) is 4.15. The van der Waals surface area contributed by atoms with Gasteiger partial charge in [-0.2, -0.15) is 0 Å². The van der Waals surface area contributed by atoms with Gasteiger partial charge in [-0.15, -0.1) is 0 Å². The van der Waals surface area contributed by atoms with Gasteiger partial charge in [0.25, 0.3) is 5.56 Å². The number of benzene rings is 1. The SMILES string of the molecule is CCOC(=O)C1=C(C)N=c2s/c(=C\C(=O)OC)c(=O)n2[C@H]1c1ccc(Br)cc1. The standard InChI is InChI=1S/C19H17BrN2O5S/c1-4-27-18(25)15-10(2)21-19-22(16(15)11-5-7-12(20)8-6-11)17(24)13(28-19)9-14(23)26-3/h5-9,16H,4H2,1-3H3/b13-9-/t16-/m0/s1. The fourth-order valence-corrected chi connectivity index (χ4v) is 4.19. The number of hydrogen-bond acceptors (Lipinski definition) is 7. The second-order valence-corrected chi connectivity index (χ2v) is 7.80. The van der Waals surface area contributed by atoms with Crippen molar-refractivity contribution in [3.05, 3.63) is 65.3 Å². The van der Waals surface area contributed by atoms with Crippen molar-refractivity contribution in [2.24, 2.45) is 4.99 Å². The van der Waals surface area contributed by atoms with Gasteiger partial charge in [0.2, 0.25) is 0 Å². The molecule has 1 aliphatic rings. The number of rotatable bonds is 4. The van der Waals surface area contributed by atoms with Crippen LogP contribution in [0.2, 0.25) is 0 Å². The van der Waals surface area contributed by atoms with Crippen molar-refractivity contribution in [3.8, 4) is 0 Å². The van der Waals surface area contributed by atoms with Crippen molar-refractivity contribution in [3.63, 3.8) is 0 Å². The number of nitrogens with zero attached hydrogens (tertiary/aromatic N) is 2. The number of methoxy groups -OCH3 is 1. The molecule has 0 spiro atoms. The summed E-state index contributed by atoms with van der Waals surface area (Å²) in [5.41, 5.74) is 1.07. The third-order valence-corrected chi connectivity index (χ3v) is 5.66. The molecule has 0 fully saturated rings. The average Bonchev–Trinajstić information content (AvgIpc) is 2.96. The molecule has 1 aromatic heterocycles. The van der Waals surface area contributed by atoms with Gasteiger partial charge in [0, 0.05) is 10.5 Å². The molecule has 28 heavy (non-hydrogen) atoms. The van der Waals surface area contributed by atoms with Crippen LogP contribution in [0.4, 0.5) is 0 Å². The summed E-state index contributed by atoms with van der Waals surface area (Å²) in [6, 6.07) is 6.60. The minimum atomic E-state index is -0.705. The molecule has 1 aliphatic heterocycles. The van der Waals surface area contributed by atoms with Gasteiger partial charge in [-0.25, -0.2) is 14.6 Å². The molecule has 7 nitrogen and oxygen atoms in total. The number of aromatic nitrogens is 1. The highest BCUT2D eigenvalue weighted by atomic mass is 79.9. The maximum atomic E-state index is 13.0. The first kappa shape index (κ1) is 20.2. The summed E-state index contributed by atoms with van der Waals surface area (Å²) in [7, 11) is 1.24. The van der Waals surface area contributed by atoms with Crippen LogP contribution in [0.1, 0.15) is 25.5 Å². The van der Waals surface area contributed by atoms with E-state index >= 15 is 0 Å². The Labute approximate surface area is 172 Å². The Hall–Kier alpha value is -2.52. The van der Waals surface area contributed by atoms with Gasteiger partial charge < -0.3 is 9.47 Å². The molecule has 0 aliphatic carbocycles. The number of allylic oxidation sites excluding steroid dienone is 1. The minimum Gasteiger partial charge on any atom is -0.466 e. The van der Waals surface area contributed by atoms with Crippen molar-refractivity contribution in [2.45, 2.75) is 19.9 Å². The lowest BCUT2D eigenvalue weighted by Gasteiger charge is -2.24.